The fraction of sp³-hybridized carbons (Fsp3) is 0.500. The zero-order valence-corrected chi connectivity index (χ0v) is 9.86. The number of hydrogen-bond acceptors (Lipinski definition) is 1. The molecule has 1 aliphatic rings. The number of piperidine rings is 1. The average Bonchev–Trinajstić information content (AvgIpc) is 2.30. The Hall–Kier alpha value is -1.31. The van der Waals surface area contributed by atoms with E-state index in [-0.39, 0.29) is 5.91 Å². The molecule has 16 heavy (non-hydrogen) atoms. The second-order valence-electron chi connectivity index (χ2n) is 4.75. The molecule has 2 nitrogen and oxygen atoms in total. The summed E-state index contributed by atoms with van der Waals surface area (Å²) in [5.41, 5.74) is 1.12. The van der Waals surface area contributed by atoms with Crippen LogP contribution in [0, 0.1) is 5.92 Å². The Morgan fingerprint density at radius 2 is 2.12 bits per heavy atom. The highest BCUT2D eigenvalue weighted by Gasteiger charge is 2.20. The molecule has 1 unspecified atom stereocenters. The van der Waals surface area contributed by atoms with E-state index in [1.165, 1.54) is 6.42 Å². The van der Waals surface area contributed by atoms with Gasteiger partial charge in [0.1, 0.15) is 0 Å². The van der Waals surface area contributed by atoms with E-state index in [4.69, 9.17) is 0 Å². The fourth-order valence-electron chi connectivity index (χ4n) is 2.30. The number of amides is 1. The topological polar surface area (TPSA) is 20.3 Å². The first kappa shape index (κ1) is 11.2. The van der Waals surface area contributed by atoms with Gasteiger partial charge in [-0.05, 0) is 24.3 Å². The molecule has 0 aliphatic carbocycles. The Bertz CT molecular complexity index is 347. The van der Waals surface area contributed by atoms with Gasteiger partial charge in [-0.15, -0.1) is 0 Å². The number of carbonyl (C=O) groups is 1. The van der Waals surface area contributed by atoms with Crippen molar-refractivity contribution in [2.45, 2.75) is 26.2 Å². The maximum absolute atomic E-state index is 12.0. The minimum atomic E-state index is 0.276. The van der Waals surface area contributed by atoms with Gasteiger partial charge in [0.15, 0.2) is 0 Å². The van der Waals surface area contributed by atoms with Crippen LogP contribution in [0.15, 0.2) is 30.3 Å². The third-order valence-electron chi connectivity index (χ3n) is 3.21. The second-order valence-corrected chi connectivity index (χ2v) is 4.75. The van der Waals surface area contributed by atoms with Crippen molar-refractivity contribution in [3.63, 3.8) is 0 Å². The molecular weight excluding hydrogens is 198 g/mol. The molecule has 1 saturated heterocycles. The summed E-state index contributed by atoms with van der Waals surface area (Å²) in [5, 5.41) is 0. The second kappa shape index (κ2) is 5.15. The van der Waals surface area contributed by atoms with Gasteiger partial charge < -0.3 is 4.90 Å². The predicted molar refractivity (Wildman–Crippen MR) is 65.1 cm³/mol. The maximum Gasteiger partial charge on any atom is 0.226 e. The minimum Gasteiger partial charge on any atom is -0.342 e. The molecular formula is C14H19NO. The molecule has 2 rings (SSSR count). The third-order valence-corrected chi connectivity index (χ3v) is 3.21. The van der Waals surface area contributed by atoms with Crippen LogP contribution in [0.5, 0.6) is 0 Å². The van der Waals surface area contributed by atoms with Gasteiger partial charge in [-0.25, -0.2) is 0 Å². The summed E-state index contributed by atoms with van der Waals surface area (Å²) in [5.74, 6) is 0.936. The van der Waals surface area contributed by atoms with E-state index < -0.39 is 0 Å². The normalized spacial score (nSPS) is 20.8. The van der Waals surface area contributed by atoms with Gasteiger partial charge >= 0.3 is 0 Å². The van der Waals surface area contributed by atoms with Gasteiger partial charge in [0.25, 0.3) is 0 Å². The van der Waals surface area contributed by atoms with Gasteiger partial charge in [-0.2, -0.15) is 0 Å². The average molecular weight is 217 g/mol. The highest BCUT2D eigenvalue weighted by Crippen LogP contribution is 2.16. The van der Waals surface area contributed by atoms with E-state index in [0.717, 1.165) is 25.1 Å². The molecule has 0 bridgehead atoms. The van der Waals surface area contributed by atoms with Crippen LogP contribution >= 0.6 is 0 Å². The first-order valence-electron chi connectivity index (χ1n) is 6.07. The Morgan fingerprint density at radius 1 is 1.38 bits per heavy atom. The van der Waals surface area contributed by atoms with Crippen LogP contribution in [0.25, 0.3) is 0 Å². The zero-order chi connectivity index (χ0) is 11.4. The summed E-state index contributed by atoms with van der Waals surface area (Å²) in [6, 6.07) is 10.00. The van der Waals surface area contributed by atoms with Crippen molar-refractivity contribution in [1.29, 1.82) is 0 Å². The summed E-state index contributed by atoms with van der Waals surface area (Å²) in [7, 11) is 0. The molecule has 0 N–H and O–H groups in total. The van der Waals surface area contributed by atoms with Crippen molar-refractivity contribution >= 4 is 5.91 Å². The van der Waals surface area contributed by atoms with Crippen LogP contribution in [0.1, 0.15) is 25.3 Å². The first-order chi connectivity index (χ1) is 7.75. The highest BCUT2D eigenvalue weighted by atomic mass is 16.2. The van der Waals surface area contributed by atoms with Gasteiger partial charge in [0.05, 0.1) is 6.42 Å². The molecule has 1 aromatic carbocycles. The third kappa shape index (κ3) is 2.84. The first-order valence-corrected chi connectivity index (χ1v) is 6.07. The molecule has 0 spiro atoms. The molecule has 86 valence electrons. The van der Waals surface area contributed by atoms with E-state index in [1.54, 1.807) is 0 Å². The lowest BCUT2D eigenvalue weighted by Crippen LogP contribution is -2.39. The largest absolute Gasteiger partial charge is 0.342 e. The number of likely N-dealkylation sites (tertiary alicyclic amines) is 1. The van der Waals surface area contributed by atoms with Gasteiger partial charge in [0, 0.05) is 13.1 Å². The SMILES string of the molecule is CC1CCCN(C(=O)Cc2ccccc2)C1. The van der Waals surface area contributed by atoms with Crippen molar-refractivity contribution in [3.05, 3.63) is 35.9 Å². The van der Waals surface area contributed by atoms with Crippen LogP contribution in [0.4, 0.5) is 0 Å². The molecule has 1 atom stereocenters. The van der Waals surface area contributed by atoms with Crippen molar-refractivity contribution in [2.75, 3.05) is 13.1 Å². The summed E-state index contributed by atoms with van der Waals surface area (Å²) >= 11 is 0. The van der Waals surface area contributed by atoms with Crippen LogP contribution in [0.2, 0.25) is 0 Å². The fourth-order valence-corrected chi connectivity index (χ4v) is 2.30. The number of rotatable bonds is 2. The van der Waals surface area contributed by atoms with Gasteiger partial charge in [-0.1, -0.05) is 37.3 Å². The minimum absolute atomic E-state index is 0.276. The Morgan fingerprint density at radius 3 is 2.81 bits per heavy atom. The molecule has 1 heterocycles. The van der Waals surface area contributed by atoms with E-state index >= 15 is 0 Å². The van der Waals surface area contributed by atoms with Gasteiger partial charge in [-0.3, -0.25) is 4.79 Å². The zero-order valence-electron chi connectivity index (χ0n) is 9.86. The van der Waals surface area contributed by atoms with Crippen LogP contribution in [-0.4, -0.2) is 23.9 Å². The molecule has 0 saturated carbocycles. The molecule has 0 radical (unpaired) electrons. The summed E-state index contributed by atoms with van der Waals surface area (Å²) < 4.78 is 0. The van der Waals surface area contributed by atoms with Crippen molar-refractivity contribution in [3.8, 4) is 0 Å². The van der Waals surface area contributed by atoms with Crippen LogP contribution < -0.4 is 0 Å². The Labute approximate surface area is 97.3 Å². The predicted octanol–water partition coefficient (Wildman–Crippen LogP) is 2.49. The summed E-state index contributed by atoms with van der Waals surface area (Å²) in [6.45, 7) is 4.10. The summed E-state index contributed by atoms with van der Waals surface area (Å²) in [6.07, 6.45) is 2.96. The smallest absolute Gasteiger partial charge is 0.226 e. The lowest BCUT2D eigenvalue weighted by molar-refractivity contribution is -0.132. The highest BCUT2D eigenvalue weighted by molar-refractivity contribution is 5.78. The number of nitrogens with zero attached hydrogens (tertiary/aromatic N) is 1. The molecule has 1 aliphatic heterocycles. The standard InChI is InChI=1S/C14H19NO/c1-12-6-5-9-15(11-12)14(16)10-13-7-3-2-4-8-13/h2-4,7-8,12H,5-6,9-11H2,1H3. The molecule has 1 aromatic rings. The van der Waals surface area contributed by atoms with Crippen molar-refractivity contribution < 1.29 is 4.79 Å². The van der Waals surface area contributed by atoms with E-state index in [2.05, 4.69) is 6.92 Å². The lowest BCUT2D eigenvalue weighted by atomic mass is 9.99. The van der Waals surface area contributed by atoms with Crippen molar-refractivity contribution in [1.82, 2.24) is 4.90 Å². The quantitative estimate of drug-likeness (QED) is 0.745. The van der Waals surface area contributed by atoms with Crippen molar-refractivity contribution in [2.24, 2.45) is 5.92 Å². The number of hydrogen-bond donors (Lipinski definition) is 0. The number of benzene rings is 1. The Kier molecular flexibility index (Phi) is 3.60. The molecule has 1 amide bonds. The Balaban J connectivity index is 1.93. The summed E-state index contributed by atoms with van der Waals surface area (Å²) in [4.78, 5) is 14.1. The maximum atomic E-state index is 12.0. The monoisotopic (exact) mass is 217 g/mol. The van der Waals surface area contributed by atoms with E-state index in [9.17, 15) is 4.79 Å². The van der Waals surface area contributed by atoms with Crippen LogP contribution in [0.3, 0.4) is 0 Å². The van der Waals surface area contributed by atoms with E-state index in [1.807, 2.05) is 35.2 Å². The van der Waals surface area contributed by atoms with Gasteiger partial charge in [0.2, 0.25) is 5.91 Å². The molecule has 0 aromatic heterocycles. The number of carbonyl (C=O) groups excluding carboxylic acids is 1. The lowest BCUT2D eigenvalue weighted by Gasteiger charge is -2.31. The van der Waals surface area contributed by atoms with Crippen LogP contribution in [-0.2, 0) is 11.2 Å². The molecule has 1 fully saturated rings. The molecule has 2 heteroatoms. The van der Waals surface area contributed by atoms with E-state index in [0.29, 0.717) is 12.3 Å².